The minimum atomic E-state index is 0.0339. The van der Waals surface area contributed by atoms with Gasteiger partial charge in [-0.05, 0) is 53.0 Å². The monoisotopic (exact) mass is 239 g/mol. The van der Waals surface area contributed by atoms with Gasteiger partial charge in [-0.15, -0.1) is 0 Å². The fourth-order valence-corrected chi connectivity index (χ4v) is 3.14. The normalized spacial score (nSPS) is 33.8. The van der Waals surface area contributed by atoms with Crippen LogP contribution in [0.2, 0.25) is 0 Å². The number of rotatable bonds is 3. The Morgan fingerprint density at radius 1 is 1.35 bits per heavy atom. The van der Waals surface area contributed by atoms with E-state index in [1.807, 2.05) is 0 Å². The number of ether oxygens (including phenoxy) is 1. The molecule has 2 unspecified atom stereocenters. The number of likely N-dealkylation sites (tertiary alicyclic amines) is 1. The van der Waals surface area contributed by atoms with Crippen LogP contribution < -0.4 is 0 Å². The van der Waals surface area contributed by atoms with Gasteiger partial charge in [0.05, 0.1) is 17.7 Å². The third-order valence-electron chi connectivity index (χ3n) is 4.08. The molecule has 2 aliphatic heterocycles. The molecule has 98 valence electrons. The van der Waals surface area contributed by atoms with E-state index < -0.39 is 0 Å². The lowest BCUT2D eigenvalue weighted by Gasteiger charge is -2.35. The second-order valence-electron chi connectivity index (χ2n) is 6.16. The Balaban J connectivity index is 1.90. The van der Waals surface area contributed by atoms with E-state index in [2.05, 4.69) is 18.7 Å². The molecule has 0 N–H and O–H groups in total. The van der Waals surface area contributed by atoms with E-state index in [9.17, 15) is 4.79 Å². The van der Waals surface area contributed by atoms with Gasteiger partial charge in [-0.1, -0.05) is 6.42 Å². The molecular formula is C14H25NO2. The lowest BCUT2D eigenvalue weighted by Crippen LogP contribution is -2.47. The topological polar surface area (TPSA) is 29.5 Å². The Labute approximate surface area is 105 Å². The minimum absolute atomic E-state index is 0.0339. The van der Waals surface area contributed by atoms with Crippen LogP contribution in [-0.2, 0) is 9.53 Å². The minimum Gasteiger partial charge on any atom is -0.371 e. The molecule has 0 aromatic heterocycles. The number of hydrogen-bond acceptors (Lipinski definition) is 3. The van der Waals surface area contributed by atoms with E-state index in [-0.39, 0.29) is 11.6 Å². The van der Waals surface area contributed by atoms with Gasteiger partial charge in [-0.2, -0.15) is 0 Å². The molecule has 0 aromatic rings. The number of carbonyl (C=O) groups excluding carboxylic acids is 1. The van der Waals surface area contributed by atoms with Crippen molar-refractivity contribution in [1.29, 1.82) is 0 Å². The van der Waals surface area contributed by atoms with Crippen molar-refractivity contribution in [2.45, 2.75) is 70.6 Å². The molecule has 0 aromatic carbocycles. The summed E-state index contributed by atoms with van der Waals surface area (Å²) >= 11 is 0. The third kappa shape index (κ3) is 3.29. The Morgan fingerprint density at radius 3 is 2.71 bits per heavy atom. The zero-order chi connectivity index (χ0) is 12.5. The molecule has 2 heterocycles. The summed E-state index contributed by atoms with van der Waals surface area (Å²) in [6, 6.07) is 0.149. The van der Waals surface area contributed by atoms with Crippen LogP contribution in [-0.4, -0.2) is 41.5 Å². The summed E-state index contributed by atoms with van der Waals surface area (Å²) < 4.78 is 6.03. The van der Waals surface area contributed by atoms with E-state index in [0.717, 1.165) is 32.4 Å². The van der Waals surface area contributed by atoms with Crippen LogP contribution in [0.15, 0.2) is 0 Å². The zero-order valence-electron chi connectivity index (χ0n) is 11.4. The second-order valence-corrected chi connectivity index (χ2v) is 6.16. The summed E-state index contributed by atoms with van der Waals surface area (Å²) in [5.41, 5.74) is 0.0339. The van der Waals surface area contributed by atoms with Crippen molar-refractivity contribution in [1.82, 2.24) is 4.90 Å². The molecule has 0 aliphatic carbocycles. The highest BCUT2D eigenvalue weighted by Gasteiger charge is 2.35. The number of nitrogens with zero attached hydrogens (tertiary/aromatic N) is 1. The maximum Gasteiger partial charge on any atom is 0.146 e. The first-order chi connectivity index (χ1) is 7.98. The number of piperidine rings is 1. The SMILES string of the molecule is CC(=O)C1CCCCN1CC1CCC(C)(C)O1. The van der Waals surface area contributed by atoms with Crippen LogP contribution in [0, 0.1) is 0 Å². The van der Waals surface area contributed by atoms with Crippen molar-refractivity contribution in [3.63, 3.8) is 0 Å². The first-order valence-corrected chi connectivity index (χ1v) is 6.90. The van der Waals surface area contributed by atoms with Crippen LogP contribution >= 0.6 is 0 Å². The van der Waals surface area contributed by atoms with Crippen molar-refractivity contribution in [3.8, 4) is 0 Å². The van der Waals surface area contributed by atoms with Crippen molar-refractivity contribution in [2.75, 3.05) is 13.1 Å². The smallest absolute Gasteiger partial charge is 0.146 e. The van der Waals surface area contributed by atoms with Gasteiger partial charge < -0.3 is 4.74 Å². The molecule has 2 aliphatic rings. The van der Waals surface area contributed by atoms with Crippen LogP contribution in [0.4, 0.5) is 0 Å². The molecule has 17 heavy (non-hydrogen) atoms. The summed E-state index contributed by atoms with van der Waals surface area (Å²) in [5, 5.41) is 0. The van der Waals surface area contributed by atoms with Gasteiger partial charge in [0.1, 0.15) is 5.78 Å². The fraction of sp³-hybridized carbons (Fsp3) is 0.929. The molecule has 2 saturated heterocycles. The summed E-state index contributed by atoms with van der Waals surface area (Å²) in [6.07, 6.45) is 6.04. The van der Waals surface area contributed by atoms with Crippen LogP contribution in [0.3, 0.4) is 0 Å². The Bertz CT molecular complexity index is 288. The standard InChI is InChI=1S/C14H25NO2/c1-11(16)13-6-4-5-9-15(13)10-12-7-8-14(2,3)17-12/h12-13H,4-10H2,1-3H3. The number of carbonyl (C=O) groups is 1. The average Bonchev–Trinajstić information content (AvgIpc) is 2.58. The second kappa shape index (κ2) is 5.07. The maximum absolute atomic E-state index is 11.6. The first-order valence-electron chi connectivity index (χ1n) is 6.90. The summed E-state index contributed by atoms with van der Waals surface area (Å²) in [4.78, 5) is 14.0. The van der Waals surface area contributed by atoms with Crippen molar-refractivity contribution < 1.29 is 9.53 Å². The predicted octanol–water partition coefficient (Wildman–Crippen LogP) is 2.39. The molecule has 0 bridgehead atoms. The van der Waals surface area contributed by atoms with Gasteiger partial charge in [0.2, 0.25) is 0 Å². The van der Waals surface area contributed by atoms with Crippen molar-refractivity contribution in [2.24, 2.45) is 0 Å². The molecule has 0 amide bonds. The van der Waals surface area contributed by atoms with Crippen molar-refractivity contribution in [3.05, 3.63) is 0 Å². The maximum atomic E-state index is 11.6. The number of Topliss-reactive ketones (excluding diaryl/α,β-unsaturated/α-hetero) is 1. The van der Waals surface area contributed by atoms with Crippen LogP contribution in [0.1, 0.15) is 52.9 Å². The predicted molar refractivity (Wildman–Crippen MR) is 68.1 cm³/mol. The Morgan fingerprint density at radius 2 is 2.12 bits per heavy atom. The van der Waals surface area contributed by atoms with Gasteiger partial charge in [0.15, 0.2) is 0 Å². The Hall–Kier alpha value is -0.410. The van der Waals surface area contributed by atoms with Gasteiger partial charge >= 0.3 is 0 Å². The molecule has 0 radical (unpaired) electrons. The quantitative estimate of drug-likeness (QED) is 0.757. The Kier molecular flexibility index (Phi) is 3.88. The highest BCUT2D eigenvalue weighted by molar-refractivity contribution is 5.81. The molecular weight excluding hydrogens is 214 g/mol. The van der Waals surface area contributed by atoms with Crippen LogP contribution in [0.5, 0.6) is 0 Å². The molecule has 0 spiro atoms. The van der Waals surface area contributed by atoms with Crippen molar-refractivity contribution >= 4 is 5.78 Å². The summed E-state index contributed by atoms with van der Waals surface area (Å²) in [7, 11) is 0. The van der Waals surface area contributed by atoms with Gasteiger partial charge in [-0.25, -0.2) is 0 Å². The van der Waals surface area contributed by atoms with Crippen LogP contribution in [0.25, 0.3) is 0 Å². The first kappa shape index (κ1) is 13.0. The molecule has 2 atom stereocenters. The van der Waals surface area contributed by atoms with E-state index in [0.29, 0.717) is 11.9 Å². The molecule has 2 rings (SSSR count). The summed E-state index contributed by atoms with van der Waals surface area (Å²) in [5.74, 6) is 0.321. The van der Waals surface area contributed by atoms with E-state index in [1.165, 1.54) is 12.8 Å². The molecule has 2 fully saturated rings. The molecule has 3 heteroatoms. The number of hydrogen-bond donors (Lipinski definition) is 0. The van der Waals surface area contributed by atoms with Gasteiger partial charge in [0.25, 0.3) is 0 Å². The average molecular weight is 239 g/mol. The van der Waals surface area contributed by atoms with E-state index in [1.54, 1.807) is 6.92 Å². The lowest BCUT2D eigenvalue weighted by atomic mass is 9.98. The highest BCUT2D eigenvalue weighted by Crippen LogP contribution is 2.31. The zero-order valence-corrected chi connectivity index (χ0v) is 11.4. The van der Waals surface area contributed by atoms with E-state index >= 15 is 0 Å². The molecule has 0 saturated carbocycles. The largest absolute Gasteiger partial charge is 0.371 e. The fourth-order valence-electron chi connectivity index (χ4n) is 3.14. The lowest BCUT2D eigenvalue weighted by molar-refractivity contribution is -0.124. The molecule has 3 nitrogen and oxygen atoms in total. The highest BCUT2D eigenvalue weighted by atomic mass is 16.5. The summed E-state index contributed by atoms with van der Waals surface area (Å²) in [6.45, 7) is 8.04. The number of ketones is 1. The van der Waals surface area contributed by atoms with Gasteiger partial charge in [-0.3, -0.25) is 9.69 Å². The third-order valence-corrected chi connectivity index (χ3v) is 4.08. The van der Waals surface area contributed by atoms with Gasteiger partial charge in [0, 0.05) is 6.54 Å². The van der Waals surface area contributed by atoms with E-state index in [4.69, 9.17) is 4.74 Å².